The lowest BCUT2D eigenvalue weighted by Gasteiger charge is -2.27. The third kappa shape index (κ3) is 9.32. The molecule has 1 aromatic heterocycles. The number of thioether (sulfide) groups is 1. The highest BCUT2D eigenvalue weighted by molar-refractivity contribution is 9.10. The molecule has 0 atom stereocenters. The van der Waals surface area contributed by atoms with Gasteiger partial charge in [-0.05, 0) is 69.0 Å². The van der Waals surface area contributed by atoms with E-state index in [1.165, 1.54) is 23.9 Å². The molecule has 10 heteroatoms. The fourth-order valence-corrected chi connectivity index (χ4v) is 5.81. The normalized spacial score (nSPS) is 11.2. The number of carbonyl (C=O) groups is 1. The number of likely N-dealkylation sites (N-methyl/N-ethyl adjacent to an activating group) is 1. The molecule has 0 aliphatic heterocycles. The van der Waals surface area contributed by atoms with Crippen LogP contribution < -0.4 is 5.56 Å². The minimum atomic E-state index is -0.489. The number of hydrogen-bond acceptors (Lipinski definition) is 5. The molecule has 0 saturated carbocycles. The topological polar surface area (TPSA) is 58.4 Å². The molecular weight excluding hydrogens is 634 g/mol. The molecule has 0 spiro atoms. The number of halogens is 3. The van der Waals surface area contributed by atoms with Gasteiger partial charge in [0, 0.05) is 31.6 Å². The zero-order chi connectivity index (χ0) is 30.8. The number of aromatic nitrogens is 2. The van der Waals surface area contributed by atoms with E-state index in [0.717, 1.165) is 41.9 Å². The summed E-state index contributed by atoms with van der Waals surface area (Å²) in [7, 11) is 0. The summed E-state index contributed by atoms with van der Waals surface area (Å²) < 4.78 is 28.2. The molecule has 226 valence electrons. The van der Waals surface area contributed by atoms with Gasteiger partial charge in [0.15, 0.2) is 5.16 Å². The lowest BCUT2D eigenvalue weighted by atomic mass is 10.0. The van der Waals surface area contributed by atoms with Crippen LogP contribution in [-0.4, -0.2) is 51.4 Å². The first-order chi connectivity index (χ1) is 20.8. The molecule has 0 fully saturated rings. The van der Waals surface area contributed by atoms with Crippen LogP contribution in [0.5, 0.6) is 0 Å². The second-order valence-electron chi connectivity index (χ2n) is 10.1. The van der Waals surface area contributed by atoms with Crippen LogP contribution in [0.15, 0.2) is 93.4 Å². The van der Waals surface area contributed by atoms with Gasteiger partial charge >= 0.3 is 0 Å². The van der Waals surface area contributed by atoms with Gasteiger partial charge in [0.25, 0.3) is 5.56 Å². The Morgan fingerprint density at radius 3 is 2.05 bits per heavy atom. The Labute approximate surface area is 263 Å². The molecule has 0 aliphatic carbocycles. The Kier molecular flexibility index (Phi) is 12.1. The van der Waals surface area contributed by atoms with E-state index in [1.54, 1.807) is 35.0 Å². The number of rotatable bonds is 14. The van der Waals surface area contributed by atoms with Crippen molar-refractivity contribution in [3.05, 3.63) is 116 Å². The van der Waals surface area contributed by atoms with Gasteiger partial charge < -0.3 is 14.4 Å². The largest absolute Gasteiger partial charge is 0.336 e. The van der Waals surface area contributed by atoms with E-state index in [1.807, 2.05) is 41.3 Å². The van der Waals surface area contributed by atoms with Crippen molar-refractivity contribution in [3.63, 3.8) is 0 Å². The third-order valence-corrected chi connectivity index (χ3v) is 8.81. The number of benzene rings is 3. The van der Waals surface area contributed by atoms with Gasteiger partial charge in [0.05, 0.1) is 0 Å². The quantitative estimate of drug-likeness (QED) is 0.108. The molecule has 4 aromatic rings. The van der Waals surface area contributed by atoms with E-state index >= 15 is 0 Å². The lowest BCUT2D eigenvalue weighted by molar-refractivity contribution is -0.132. The molecule has 0 N–H and O–H groups in total. The Morgan fingerprint density at radius 1 is 0.884 bits per heavy atom. The molecule has 1 amide bonds. The molecule has 0 bridgehead atoms. The third-order valence-electron chi connectivity index (χ3n) is 7.21. The van der Waals surface area contributed by atoms with Crippen LogP contribution in [-0.2, 0) is 30.3 Å². The second kappa shape index (κ2) is 15.9. The first kappa shape index (κ1) is 32.6. The van der Waals surface area contributed by atoms with E-state index < -0.39 is 12.2 Å². The van der Waals surface area contributed by atoms with Gasteiger partial charge in [-0.2, -0.15) is 4.98 Å². The van der Waals surface area contributed by atoms with E-state index in [9.17, 15) is 18.4 Å². The van der Waals surface area contributed by atoms with Crippen LogP contribution in [0.25, 0.3) is 11.1 Å². The summed E-state index contributed by atoms with van der Waals surface area (Å²) in [5.41, 5.74) is 4.11. The highest BCUT2D eigenvalue weighted by atomic mass is 79.9. The first-order valence-corrected chi connectivity index (χ1v) is 16.0. The summed E-state index contributed by atoms with van der Waals surface area (Å²) in [5.74, 6) is 0.0561. The van der Waals surface area contributed by atoms with Crippen molar-refractivity contribution in [2.24, 2.45) is 0 Å². The van der Waals surface area contributed by atoms with E-state index in [0.29, 0.717) is 29.6 Å². The molecule has 0 saturated heterocycles. The molecule has 6 nitrogen and oxygen atoms in total. The lowest BCUT2D eigenvalue weighted by Crippen LogP contribution is -2.40. The zero-order valence-corrected chi connectivity index (χ0v) is 26.7. The Bertz CT molecular complexity index is 1540. The van der Waals surface area contributed by atoms with Crippen LogP contribution in [0.2, 0.25) is 0 Å². The van der Waals surface area contributed by atoms with Gasteiger partial charge in [-0.3, -0.25) is 9.59 Å². The number of alkyl halides is 1. The Morgan fingerprint density at radius 2 is 1.47 bits per heavy atom. The summed E-state index contributed by atoms with van der Waals surface area (Å²) >= 11 is 4.59. The SMILES string of the molecule is CCN(CC)CCN(Cc1ccc(-c2ccc(CF)cc2)cc1)C(=O)Cn1cc(Br)c(=O)nc1SCc1ccc(F)cc1. The second-order valence-corrected chi connectivity index (χ2v) is 11.9. The smallest absolute Gasteiger partial charge is 0.287 e. The number of hydrogen-bond donors (Lipinski definition) is 0. The van der Waals surface area contributed by atoms with E-state index in [-0.39, 0.29) is 22.7 Å². The average Bonchev–Trinajstić information content (AvgIpc) is 3.03. The number of carbonyl (C=O) groups excluding carboxylic acids is 1. The summed E-state index contributed by atoms with van der Waals surface area (Å²) in [6, 6.07) is 21.6. The monoisotopic (exact) mass is 668 g/mol. The van der Waals surface area contributed by atoms with Gasteiger partial charge in [0.1, 0.15) is 23.5 Å². The van der Waals surface area contributed by atoms with Crippen molar-refractivity contribution in [3.8, 4) is 11.1 Å². The zero-order valence-electron chi connectivity index (χ0n) is 24.3. The van der Waals surface area contributed by atoms with Crippen molar-refractivity contribution < 1.29 is 13.6 Å². The molecule has 4 rings (SSSR count). The number of nitrogens with zero attached hydrogens (tertiary/aromatic N) is 4. The summed E-state index contributed by atoms with van der Waals surface area (Å²) in [5, 5.41) is 0.415. The van der Waals surface area contributed by atoms with Crippen molar-refractivity contribution in [1.29, 1.82) is 0 Å². The maximum Gasteiger partial charge on any atom is 0.287 e. The van der Waals surface area contributed by atoms with Gasteiger partial charge in [-0.25, -0.2) is 8.78 Å². The Hall–Kier alpha value is -3.34. The molecular formula is C33H35BrF2N4O2S. The molecule has 0 radical (unpaired) electrons. The molecule has 0 aliphatic rings. The van der Waals surface area contributed by atoms with Gasteiger partial charge in [-0.15, -0.1) is 0 Å². The summed E-state index contributed by atoms with van der Waals surface area (Å²) in [6.45, 7) is 7.19. The van der Waals surface area contributed by atoms with E-state index in [2.05, 4.69) is 39.7 Å². The van der Waals surface area contributed by atoms with Crippen molar-refractivity contribution in [2.75, 3.05) is 26.2 Å². The highest BCUT2D eigenvalue weighted by Crippen LogP contribution is 2.23. The first-order valence-electron chi connectivity index (χ1n) is 14.2. The van der Waals surface area contributed by atoms with Crippen LogP contribution in [0.4, 0.5) is 8.78 Å². The fourth-order valence-electron chi connectivity index (χ4n) is 4.56. The van der Waals surface area contributed by atoms with Crippen LogP contribution in [0.1, 0.15) is 30.5 Å². The van der Waals surface area contributed by atoms with Gasteiger partial charge in [-0.1, -0.05) is 86.3 Å². The average molecular weight is 670 g/mol. The highest BCUT2D eigenvalue weighted by Gasteiger charge is 2.19. The minimum Gasteiger partial charge on any atom is -0.336 e. The molecule has 3 aromatic carbocycles. The molecule has 0 unspecified atom stereocenters. The maximum atomic E-state index is 13.8. The maximum absolute atomic E-state index is 13.8. The molecule has 43 heavy (non-hydrogen) atoms. The van der Waals surface area contributed by atoms with Crippen LogP contribution >= 0.6 is 27.7 Å². The summed E-state index contributed by atoms with van der Waals surface area (Å²) in [6.07, 6.45) is 1.60. The summed E-state index contributed by atoms with van der Waals surface area (Å²) in [4.78, 5) is 34.5. The van der Waals surface area contributed by atoms with Crippen LogP contribution in [0.3, 0.4) is 0 Å². The van der Waals surface area contributed by atoms with Crippen molar-refractivity contribution in [1.82, 2.24) is 19.4 Å². The predicted octanol–water partition coefficient (Wildman–Crippen LogP) is 6.94. The van der Waals surface area contributed by atoms with Gasteiger partial charge in [0.2, 0.25) is 5.91 Å². The van der Waals surface area contributed by atoms with Crippen LogP contribution in [0, 0.1) is 5.82 Å². The predicted molar refractivity (Wildman–Crippen MR) is 172 cm³/mol. The van der Waals surface area contributed by atoms with Crippen molar-refractivity contribution >= 4 is 33.6 Å². The number of amides is 1. The molecule has 1 heterocycles. The van der Waals surface area contributed by atoms with Crippen molar-refractivity contribution in [2.45, 2.75) is 44.5 Å². The Balaban J connectivity index is 1.52. The fraction of sp³-hybridized carbons (Fsp3) is 0.303. The van der Waals surface area contributed by atoms with E-state index in [4.69, 9.17) is 0 Å². The standard InChI is InChI=1S/C33H35BrF2N4O2S/c1-3-38(4-2)17-18-39(20-25-7-13-28(14-8-25)27-11-5-24(19-35)6-12-27)31(41)22-40-21-30(34)32(42)37-33(40)43-23-26-9-15-29(36)16-10-26/h5-16,21H,3-4,17-20,22-23H2,1-2H3. The minimum absolute atomic E-state index is 0.00881.